The zero-order chi connectivity index (χ0) is 16.1. The van der Waals surface area contributed by atoms with Gasteiger partial charge in [-0.15, -0.1) is 10.2 Å². The summed E-state index contributed by atoms with van der Waals surface area (Å²) in [6.45, 7) is 2.05. The lowest BCUT2D eigenvalue weighted by Gasteiger charge is -2.02. The molecule has 4 nitrogen and oxygen atoms in total. The van der Waals surface area contributed by atoms with Crippen molar-refractivity contribution in [1.29, 1.82) is 0 Å². The van der Waals surface area contributed by atoms with E-state index in [0.29, 0.717) is 11.1 Å². The van der Waals surface area contributed by atoms with E-state index < -0.39 is 0 Å². The summed E-state index contributed by atoms with van der Waals surface area (Å²) in [6.07, 6.45) is 0.941. The molecule has 23 heavy (non-hydrogen) atoms. The van der Waals surface area contributed by atoms with E-state index in [0.717, 1.165) is 23.5 Å². The number of rotatable bonds is 6. The van der Waals surface area contributed by atoms with Crippen LogP contribution in [0.4, 0.5) is 0 Å². The second kappa shape index (κ2) is 7.33. The number of nitrogens with zero attached hydrogens (tertiary/aromatic N) is 2. The monoisotopic (exact) mass is 326 g/mol. The SMILES string of the molecule is COc1ccc(CCSc2nnc(-c3ccc(C)cc3)o2)cc1. The maximum Gasteiger partial charge on any atom is 0.276 e. The third-order valence-electron chi connectivity index (χ3n) is 3.48. The van der Waals surface area contributed by atoms with Gasteiger partial charge < -0.3 is 9.15 Å². The van der Waals surface area contributed by atoms with Crippen LogP contribution in [0.5, 0.6) is 5.75 Å². The summed E-state index contributed by atoms with van der Waals surface area (Å²) in [6, 6.07) is 16.2. The van der Waals surface area contributed by atoms with Gasteiger partial charge in [-0.25, -0.2) is 0 Å². The first kappa shape index (κ1) is 15.6. The Bertz CT molecular complexity index is 751. The normalized spacial score (nSPS) is 10.7. The zero-order valence-electron chi connectivity index (χ0n) is 13.2. The molecule has 1 heterocycles. The van der Waals surface area contributed by atoms with Gasteiger partial charge in [0.1, 0.15) is 5.75 Å². The number of aryl methyl sites for hydroxylation is 2. The quantitative estimate of drug-likeness (QED) is 0.629. The summed E-state index contributed by atoms with van der Waals surface area (Å²) in [7, 11) is 1.67. The highest BCUT2D eigenvalue weighted by molar-refractivity contribution is 7.99. The summed E-state index contributed by atoms with van der Waals surface area (Å²) in [5.74, 6) is 2.33. The van der Waals surface area contributed by atoms with Gasteiger partial charge in [-0.1, -0.05) is 41.6 Å². The highest BCUT2D eigenvalue weighted by atomic mass is 32.2. The second-order valence-electron chi connectivity index (χ2n) is 5.19. The number of hydrogen-bond donors (Lipinski definition) is 0. The van der Waals surface area contributed by atoms with Crippen LogP contribution in [0.3, 0.4) is 0 Å². The van der Waals surface area contributed by atoms with Gasteiger partial charge in [0.25, 0.3) is 5.22 Å². The van der Waals surface area contributed by atoms with E-state index in [2.05, 4.69) is 29.3 Å². The van der Waals surface area contributed by atoms with Crippen molar-refractivity contribution in [2.45, 2.75) is 18.6 Å². The summed E-state index contributed by atoms with van der Waals surface area (Å²) in [5, 5.41) is 8.82. The highest BCUT2D eigenvalue weighted by Gasteiger charge is 2.08. The molecule has 1 aromatic heterocycles. The summed E-state index contributed by atoms with van der Waals surface area (Å²) >= 11 is 1.57. The molecular weight excluding hydrogens is 308 g/mol. The fourth-order valence-corrected chi connectivity index (χ4v) is 2.88. The molecule has 0 aliphatic carbocycles. The van der Waals surface area contributed by atoms with Gasteiger partial charge in [-0.3, -0.25) is 0 Å². The molecule has 118 valence electrons. The van der Waals surface area contributed by atoms with Gasteiger partial charge in [0.05, 0.1) is 7.11 Å². The summed E-state index contributed by atoms with van der Waals surface area (Å²) < 4.78 is 10.9. The highest BCUT2D eigenvalue weighted by Crippen LogP contribution is 2.24. The molecule has 0 fully saturated rings. The Balaban J connectivity index is 1.55. The largest absolute Gasteiger partial charge is 0.497 e. The molecule has 0 radical (unpaired) electrons. The van der Waals surface area contributed by atoms with Crippen LogP contribution in [0, 0.1) is 6.92 Å². The molecule has 2 aromatic carbocycles. The maximum atomic E-state index is 5.70. The van der Waals surface area contributed by atoms with Gasteiger partial charge in [0.2, 0.25) is 5.89 Å². The van der Waals surface area contributed by atoms with Gasteiger partial charge in [-0.2, -0.15) is 0 Å². The van der Waals surface area contributed by atoms with Crippen LogP contribution in [0.15, 0.2) is 58.2 Å². The number of benzene rings is 2. The molecule has 0 atom stereocenters. The molecule has 3 rings (SSSR count). The molecule has 0 aliphatic heterocycles. The number of ether oxygens (including phenoxy) is 1. The maximum absolute atomic E-state index is 5.70. The van der Waals surface area contributed by atoms with Crippen LogP contribution in [0.25, 0.3) is 11.5 Å². The van der Waals surface area contributed by atoms with E-state index in [4.69, 9.17) is 9.15 Å². The van der Waals surface area contributed by atoms with Crippen LogP contribution in [-0.2, 0) is 6.42 Å². The number of methoxy groups -OCH3 is 1. The zero-order valence-corrected chi connectivity index (χ0v) is 14.0. The van der Waals surface area contributed by atoms with E-state index in [1.165, 1.54) is 11.1 Å². The standard InChI is InChI=1S/C18H18N2O2S/c1-13-3-7-15(8-4-13)17-19-20-18(22-17)23-12-11-14-5-9-16(21-2)10-6-14/h3-10H,11-12H2,1-2H3. The average Bonchev–Trinajstić information content (AvgIpc) is 3.05. The summed E-state index contributed by atoms with van der Waals surface area (Å²) in [4.78, 5) is 0. The van der Waals surface area contributed by atoms with Crippen LogP contribution >= 0.6 is 11.8 Å². The molecular formula is C18H18N2O2S. The van der Waals surface area contributed by atoms with Gasteiger partial charge in [0.15, 0.2) is 0 Å². The van der Waals surface area contributed by atoms with Crippen LogP contribution < -0.4 is 4.74 Å². The average molecular weight is 326 g/mol. The fraction of sp³-hybridized carbons (Fsp3) is 0.222. The predicted molar refractivity (Wildman–Crippen MR) is 91.9 cm³/mol. The van der Waals surface area contributed by atoms with E-state index in [1.807, 2.05) is 36.4 Å². The van der Waals surface area contributed by atoms with Crippen molar-refractivity contribution >= 4 is 11.8 Å². The molecule has 0 saturated heterocycles. The van der Waals surface area contributed by atoms with Crippen molar-refractivity contribution in [3.05, 3.63) is 59.7 Å². The van der Waals surface area contributed by atoms with E-state index in [-0.39, 0.29) is 0 Å². The van der Waals surface area contributed by atoms with Gasteiger partial charge >= 0.3 is 0 Å². The fourth-order valence-electron chi connectivity index (χ4n) is 2.13. The molecule has 0 saturated carbocycles. The minimum Gasteiger partial charge on any atom is -0.497 e. The van der Waals surface area contributed by atoms with Gasteiger partial charge in [0, 0.05) is 11.3 Å². The smallest absolute Gasteiger partial charge is 0.276 e. The molecule has 0 amide bonds. The lowest BCUT2D eigenvalue weighted by atomic mass is 10.1. The third-order valence-corrected chi connectivity index (χ3v) is 4.30. The lowest BCUT2D eigenvalue weighted by molar-refractivity contribution is 0.414. The molecule has 5 heteroatoms. The number of hydrogen-bond acceptors (Lipinski definition) is 5. The minimum absolute atomic E-state index is 0.567. The van der Waals surface area contributed by atoms with E-state index >= 15 is 0 Å². The summed E-state index contributed by atoms with van der Waals surface area (Å²) in [5.41, 5.74) is 3.42. The number of thioether (sulfide) groups is 1. The Hall–Kier alpha value is -2.27. The predicted octanol–water partition coefficient (Wildman–Crippen LogP) is 4.39. The van der Waals surface area contributed by atoms with Crippen LogP contribution in [0.2, 0.25) is 0 Å². The van der Waals surface area contributed by atoms with E-state index in [9.17, 15) is 0 Å². The molecule has 0 spiro atoms. The minimum atomic E-state index is 0.567. The first-order valence-corrected chi connectivity index (χ1v) is 8.39. The Morgan fingerprint density at radius 1 is 1.00 bits per heavy atom. The van der Waals surface area contributed by atoms with Crippen molar-refractivity contribution in [3.63, 3.8) is 0 Å². The first-order valence-electron chi connectivity index (χ1n) is 7.41. The van der Waals surface area contributed by atoms with Crippen molar-refractivity contribution in [2.75, 3.05) is 12.9 Å². The Labute approximate surface area is 139 Å². The molecule has 0 N–H and O–H groups in total. The van der Waals surface area contributed by atoms with Gasteiger partial charge in [-0.05, 0) is 43.2 Å². The number of aromatic nitrogens is 2. The molecule has 0 aliphatic rings. The van der Waals surface area contributed by atoms with E-state index in [1.54, 1.807) is 18.9 Å². The Morgan fingerprint density at radius 2 is 1.74 bits per heavy atom. The molecule has 0 unspecified atom stereocenters. The molecule has 0 bridgehead atoms. The molecule has 3 aromatic rings. The second-order valence-corrected chi connectivity index (χ2v) is 6.23. The first-order chi connectivity index (χ1) is 11.2. The van der Waals surface area contributed by atoms with Crippen molar-refractivity contribution in [1.82, 2.24) is 10.2 Å². The van der Waals surface area contributed by atoms with Crippen molar-refractivity contribution < 1.29 is 9.15 Å². The van der Waals surface area contributed by atoms with Crippen molar-refractivity contribution in [2.24, 2.45) is 0 Å². The topological polar surface area (TPSA) is 48.2 Å². The lowest BCUT2D eigenvalue weighted by Crippen LogP contribution is -1.89. The Morgan fingerprint density at radius 3 is 2.43 bits per heavy atom. The third kappa shape index (κ3) is 4.13. The Kier molecular flexibility index (Phi) is 4.98. The van der Waals surface area contributed by atoms with Crippen molar-refractivity contribution in [3.8, 4) is 17.2 Å². The van der Waals surface area contributed by atoms with Crippen LogP contribution in [-0.4, -0.2) is 23.1 Å². The van der Waals surface area contributed by atoms with Crippen LogP contribution in [0.1, 0.15) is 11.1 Å².